The van der Waals surface area contributed by atoms with Gasteiger partial charge < -0.3 is 10.7 Å². The summed E-state index contributed by atoms with van der Waals surface area (Å²) in [4.78, 5) is 10.3. The first-order valence-electron chi connectivity index (χ1n) is 5.48. The molecule has 0 aliphatic carbocycles. The summed E-state index contributed by atoms with van der Waals surface area (Å²) in [7, 11) is 0. The molecule has 0 radical (unpaired) electrons. The SMILES string of the molecule is NNc1cc(Nc2cc(F)ccc2Br)cc([N+](=O)[O-])c1. The molecule has 6 nitrogen and oxygen atoms in total. The minimum Gasteiger partial charge on any atom is -0.354 e. The van der Waals surface area contributed by atoms with Gasteiger partial charge in [0, 0.05) is 22.3 Å². The van der Waals surface area contributed by atoms with Crippen molar-refractivity contribution in [3.63, 3.8) is 0 Å². The van der Waals surface area contributed by atoms with Crippen LogP contribution in [0, 0.1) is 15.9 Å². The predicted molar refractivity (Wildman–Crippen MR) is 78.3 cm³/mol. The lowest BCUT2D eigenvalue weighted by atomic mass is 10.2. The van der Waals surface area contributed by atoms with Crippen molar-refractivity contribution in [1.29, 1.82) is 0 Å². The maximum atomic E-state index is 13.2. The number of benzene rings is 2. The maximum Gasteiger partial charge on any atom is 0.273 e. The first-order valence-corrected chi connectivity index (χ1v) is 6.27. The summed E-state index contributed by atoms with van der Waals surface area (Å²) in [5, 5.41) is 13.7. The number of nitrogens with zero attached hydrogens (tertiary/aromatic N) is 1. The monoisotopic (exact) mass is 340 g/mol. The Labute approximate surface area is 122 Å². The predicted octanol–water partition coefficient (Wildman–Crippen LogP) is 3.53. The molecular weight excluding hydrogens is 331 g/mol. The molecule has 0 aromatic heterocycles. The van der Waals surface area contributed by atoms with Crippen LogP contribution >= 0.6 is 15.9 Å². The third-order valence-corrected chi connectivity index (χ3v) is 3.19. The van der Waals surface area contributed by atoms with Crippen LogP contribution in [-0.4, -0.2) is 4.92 Å². The van der Waals surface area contributed by atoms with E-state index in [1.165, 1.54) is 30.3 Å². The normalized spacial score (nSPS) is 10.2. The van der Waals surface area contributed by atoms with Crippen LogP contribution in [0.15, 0.2) is 40.9 Å². The van der Waals surface area contributed by atoms with Crippen molar-refractivity contribution in [2.45, 2.75) is 0 Å². The van der Waals surface area contributed by atoms with Gasteiger partial charge in [-0.1, -0.05) is 0 Å². The Kier molecular flexibility index (Phi) is 4.16. The zero-order chi connectivity index (χ0) is 14.7. The molecule has 20 heavy (non-hydrogen) atoms. The molecule has 0 atom stereocenters. The number of hydrogen-bond acceptors (Lipinski definition) is 5. The molecule has 8 heteroatoms. The number of hydrogen-bond donors (Lipinski definition) is 3. The number of nitro benzene ring substituents is 1. The third kappa shape index (κ3) is 3.22. The van der Waals surface area contributed by atoms with Gasteiger partial charge in [0.05, 0.1) is 16.3 Å². The van der Waals surface area contributed by atoms with Gasteiger partial charge in [-0.05, 0) is 40.2 Å². The van der Waals surface area contributed by atoms with Crippen molar-refractivity contribution < 1.29 is 9.31 Å². The van der Waals surface area contributed by atoms with E-state index in [4.69, 9.17) is 5.84 Å². The summed E-state index contributed by atoms with van der Waals surface area (Å²) >= 11 is 3.27. The number of non-ortho nitro benzene ring substituents is 1. The average Bonchev–Trinajstić information content (AvgIpc) is 2.42. The number of anilines is 3. The van der Waals surface area contributed by atoms with Crippen molar-refractivity contribution in [1.82, 2.24) is 0 Å². The van der Waals surface area contributed by atoms with E-state index in [0.29, 0.717) is 21.5 Å². The van der Waals surface area contributed by atoms with Gasteiger partial charge in [-0.3, -0.25) is 16.0 Å². The van der Waals surface area contributed by atoms with Crippen molar-refractivity contribution >= 4 is 38.7 Å². The molecular formula is C12H10BrFN4O2. The molecule has 0 saturated carbocycles. The minimum atomic E-state index is -0.535. The lowest BCUT2D eigenvalue weighted by molar-refractivity contribution is -0.384. The van der Waals surface area contributed by atoms with E-state index in [2.05, 4.69) is 26.7 Å². The molecule has 0 fully saturated rings. The van der Waals surface area contributed by atoms with Crippen molar-refractivity contribution in [3.05, 3.63) is 56.8 Å². The van der Waals surface area contributed by atoms with Crippen LogP contribution in [0.1, 0.15) is 0 Å². The second-order valence-electron chi connectivity index (χ2n) is 3.92. The van der Waals surface area contributed by atoms with Crippen molar-refractivity contribution in [3.8, 4) is 0 Å². The highest BCUT2D eigenvalue weighted by molar-refractivity contribution is 9.10. The van der Waals surface area contributed by atoms with E-state index in [-0.39, 0.29) is 5.69 Å². The second kappa shape index (κ2) is 5.85. The fraction of sp³-hybridized carbons (Fsp3) is 0. The Morgan fingerprint density at radius 2 is 1.90 bits per heavy atom. The molecule has 0 aliphatic rings. The molecule has 0 amide bonds. The summed E-state index contributed by atoms with van der Waals surface area (Å²) in [5.41, 5.74) is 3.45. The van der Waals surface area contributed by atoms with Crippen molar-refractivity contribution in [2.75, 3.05) is 10.7 Å². The Morgan fingerprint density at radius 1 is 1.20 bits per heavy atom. The lowest BCUT2D eigenvalue weighted by Crippen LogP contribution is -2.07. The number of hydrazine groups is 1. The molecule has 2 aromatic carbocycles. The molecule has 4 N–H and O–H groups in total. The van der Waals surface area contributed by atoms with E-state index < -0.39 is 10.7 Å². The van der Waals surface area contributed by atoms with Crippen LogP contribution in [0.3, 0.4) is 0 Å². The number of nitrogens with two attached hydrogens (primary N) is 1. The molecule has 0 heterocycles. The van der Waals surface area contributed by atoms with Gasteiger partial charge in [-0.25, -0.2) is 4.39 Å². The summed E-state index contributed by atoms with van der Waals surface area (Å²) in [6.07, 6.45) is 0. The van der Waals surface area contributed by atoms with Crippen molar-refractivity contribution in [2.24, 2.45) is 5.84 Å². The standard InChI is InChI=1S/C12H10BrFN4O2/c13-11-2-1-7(14)3-12(11)16-8-4-9(17-15)6-10(5-8)18(19)20/h1-6,16-17H,15H2. The highest BCUT2D eigenvalue weighted by Gasteiger charge is 2.10. The van der Waals surface area contributed by atoms with Gasteiger partial charge in [0.1, 0.15) is 5.82 Å². The molecule has 0 aliphatic heterocycles. The smallest absolute Gasteiger partial charge is 0.273 e. The first kappa shape index (κ1) is 14.2. The zero-order valence-electron chi connectivity index (χ0n) is 10.1. The molecule has 2 rings (SSSR count). The van der Waals surface area contributed by atoms with Crippen LogP contribution in [0.4, 0.5) is 27.1 Å². The Morgan fingerprint density at radius 3 is 2.55 bits per heavy atom. The van der Waals surface area contributed by atoms with Gasteiger partial charge in [0.25, 0.3) is 5.69 Å². The van der Waals surface area contributed by atoms with Crippen LogP contribution < -0.4 is 16.6 Å². The largest absolute Gasteiger partial charge is 0.354 e. The number of nitrogens with one attached hydrogen (secondary N) is 2. The molecule has 0 bridgehead atoms. The van der Waals surface area contributed by atoms with Gasteiger partial charge in [0.15, 0.2) is 0 Å². The molecule has 0 spiro atoms. The number of rotatable bonds is 4. The van der Waals surface area contributed by atoms with Crippen LogP contribution in [-0.2, 0) is 0 Å². The van der Waals surface area contributed by atoms with E-state index >= 15 is 0 Å². The number of nitro groups is 1. The van der Waals surface area contributed by atoms with Gasteiger partial charge >= 0.3 is 0 Å². The van der Waals surface area contributed by atoms with Gasteiger partial charge in [-0.15, -0.1) is 0 Å². The number of halogens is 2. The molecule has 0 unspecified atom stereocenters. The minimum absolute atomic E-state index is 0.129. The van der Waals surface area contributed by atoms with Gasteiger partial charge in [0.2, 0.25) is 0 Å². The topological polar surface area (TPSA) is 93.2 Å². The molecule has 2 aromatic rings. The Balaban J connectivity index is 2.39. The summed E-state index contributed by atoms with van der Waals surface area (Å²) in [6.45, 7) is 0. The Hall–Kier alpha value is -2.19. The quantitative estimate of drug-likeness (QED) is 0.449. The number of nitrogen functional groups attached to an aromatic ring is 1. The lowest BCUT2D eigenvalue weighted by Gasteiger charge is -2.10. The van der Waals surface area contributed by atoms with E-state index in [0.717, 1.165) is 0 Å². The highest BCUT2D eigenvalue weighted by atomic mass is 79.9. The zero-order valence-corrected chi connectivity index (χ0v) is 11.6. The van der Waals surface area contributed by atoms with E-state index in [1.54, 1.807) is 6.07 Å². The maximum absolute atomic E-state index is 13.2. The summed E-state index contributed by atoms with van der Waals surface area (Å²) in [5.74, 6) is 4.85. The van der Waals surface area contributed by atoms with Crippen LogP contribution in [0.5, 0.6) is 0 Å². The average molecular weight is 341 g/mol. The fourth-order valence-corrected chi connectivity index (χ4v) is 1.97. The van der Waals surface area contributed by atoms with Gasteiger partial charge in [-0.2, -0.15) is 0 Å². The van der Waals surface area contributed by atoms with E-state index in [9.17, 15) is 14.5 Å². The highest BCUT2D eigenvalue weighted by Crippen LogP contribution is 2.30. The molecule has 104 valence electrons. The fourth-order valence-electron chi connectivity index (χ4n) is 1.62. The summed E-state index contributed by atoms with van der Waals surface area (Å²) in [6, 6.07) is 8.32. The first-order chi connectivity index (χ1) is 9.49. The van der Waals surface area contributed by atoms with E-state index in [1.807, 2.05) is 0 Å². The second-order valence-corrected chi connectivity index (χ2v) is 4.77. The summed E-state index contributed by atoms with van der Waals surface area (Å²) < 4.78 is 13.8. The third-order valence-electron chi connectivity index (χ3n) is 2.50. The Bertz CT molecular complexity index is 666. The van der Waals surface area contributed by atoms with Crippen LogP contribution in [0.2, 0.25) is 0 Å². The molecule has 0 saturated heterocycles. The van der Waals surface area contributed by atoms with Crippen LogP contribution in [0.25, 0.3) is 0 Å².